The molecule has 0 fully saturated rings. The van der Waals surface area contributed by atoms with Gasteiger partial charge in [0.15, 0.2) is 0 Å². The van der Waals surface area contributed by atoms with E-state index in [1.165, 1.54) is 12.1 Å². The van der Waals surface area contributed by atoms with Crippen LogP contribution < -0.4 is 4.74 Å². The van der Waals surface area contributed by atoms with Crippen molar-refractivity contribution in [3.63, 3.8) is 0 Å². The summed E-state index contributed by atoms with van der Waals surface area (Å²) in [6.45, 7) is 6.90. The van der Waals surface area contributed by atoms with Crippen LogP contribution >= 0.6 is 23.5 Å². The van der Waals surface area contributed by atoms with Gasteiger partial charge < -0.3 is 14.4 Å². The van der Waals surface area contributed by atoms with Crippen LogP contribution in [0.1, 0.15) is 50.8 Å². The van der Waals surface area contributed by atoms with Crippen molar-refractivity contribution in [1.82, 2.24) is 24.1 Å². The van der Waals surface area contributed by atoms with E-state index >= 15 is 0 Å². The van der Waals surface area contributed by atoms with Crippen molar-refractivity contribution in [2.75, 3.05) is 6.61 Å². The Morgan fingerprint density at radius 3 is 2.60 bits per heavy atom. The molecule has 0 saturated heterocycles. The predicted octanol–water partition coefficient (Wildman–Crippen LogP) is 8.20. The Bertz CT molecular complexity index is 2200. The normalized spacial score (nSPS) is 14.3. The number of hydrogen-bond donors (Lipinski definition) is 1. The molecule has 11 heteroatoms. The number of halogens is 1. The van der Waals surface area contributed by atoms with Gasteiger partial charge in [-0.15, -0.1) is 23.5 Å². The van der Waals surface area contributed by atoms with Crippen molar-refractivity contribution in [3.05, 3.63) is 93.9 Å². The van der Waals surface area contributed by atoms with Gasteiger partial charge in [-0.3, -0.25) is 9.36 Å². The highest BCUT2D eigenvalue weighted by atomic mass is 32.2. The summed E-state index contributed by atoms with van der Waals surface area (Å²) in [6.07, 6.45) is 0.582. The number of carboxylic acid groups (broad SMARTS) is 1. The quantitative estimate of drug-likeness (QED) is 0.189. The Labute approximate surface area is 280 Å². The number of carbonyl (C=O) groups is 1. The fourth-order valence-electron chi connectivity index (χ4n) is 6.75. The number of ether oxygens (including phenoxy) is 1. The van der Waals surface area contributed by atoms with Crippen LogP contribution in [0.25, 0.3) is 32.8 Å². The van der Waals surface area contributed by atoms with Gasteiger partial charge in [-0.1, -0.05) is 6.07 Å². The summed E-state index contributed by atoms with van der Waals surface area (Å²) in [5.74, 6) is 1.55. The van der Waals surface area contributed by atoms with E-state index in [0.717, 1.165) is 77.4 Å². The molecule has 0 saturated carbocycles. The van der Waals surface area contributed by atoms with E-state index in [2.05, 4.69) is 26.0 Å². The Balaban J connectivity index is 1.36. The van der Waals surface area contributed by atoms with Crippen molar-refractivity contribution in [3.8, 4) is 16.9 Å². The lowest BCUT2D eigenvalue weighted by molar-refractivity contribution is 0.0684. The number of aryl methyl sites for hydroxylation is 5. The molecule has 1 aliphatic heterocycles. The number of aromatic nitrogens is 5. The maximum Gasteiger partial charge on any atom is 0.352 e. The molecule has 1 aliphatic rings. The SMILES string of the molecule is Cc1ccc2c3c(C)c(C(=O)O)n2CCCOc2cc(cc4cc(F)ccc24)SCc2cc(nn2C)CSCc2nn(C)c(C)c2-c13. The molecule has 0 spiro atoms. The molecule has 1 N–H and O–H groups in total. The topological polar surface area (TPSA) is 87.1 Å². The standard InChI is InChI=1S/C36H36FN5O3S2/c1-20-7-10-30-33-21(2)35(36(43)44)42(30)11-6-12-45-31-16-27(14-23-13-24(37)8-9-28(23)31)47-18-26-15-25(38-41(26)5)17-46-19-29-34(32(20)33)22(3)40(4)39-29/h7-10,13-16H,6,11-12,17-19H2,1-5H3,(H,43,44). The van der Waals surface area contributed by atoms with Gasteiger partial charge in [0.05, 0.1) is 18.0 Å². The zero-order chi connectivity index (χ0) is 33.0. The number of hydrogen-bond acceptors (Lipinski definition) is 6. The molecule has 3 aromatic heterocycles. The molecule has 0 amide bonds. The molecule has 4 heterocycles. The molecule has 8 nitrogen and oxygen atoms in total. The molecule has 47 heavy (non-hydrogen) atoms. The van der Waals surface area contributed by atoms with Crippen LogP contribution in [0.2, 0.25) is 0 Å². The summed E-state index contributed by atoms with van der Waals surface area (Å²) in [6, 6.07) is 15.0. The van der Waals surface area contributed by atoms with Crippen LogP contribution in [0.3, 0.4) is 0 Å². The Hall–Kier alpha value is -4.22. The average Bonchev–Trinajstić information content (AvgIpc) is 3.63. The largest absolute Gasteiger partial charge is 0.493 e. The molecule has 3 aromatic carbocycles. The second-order valence-corrected chi connectivity index (χ2v) is 14.2. The zero-order valence-electron chi connectivity index (χ0n) is 27.1. The lowest BCUT2D eigenvalue weighted by Gasteiger charge is -2.14. The van der Waals surface area contributed by atoms with E-state index in [-0.39, 0.29) is 11.5 Å². The molecule has 0 aliphatic carbocycles. The molecule has 7 rings (SSSR count). The van der Waals surface area contributed by atoms with E-state index in [0.29, 0.717) is 36.8 Å². The van der Waals surface area contributed by atoms with E-state index in [1.54, 1.807) is 29.6 Å². The van der Waals surface area contributed by atoms with Gasteiger partial charge in [0, 0.05) is 76.0 Å². The van der Waals surface area contributed by atoms with Crippen LogP contribution in [0.15, 0.2) is 53.4 Å². The van der Waals surface area contributed by atoms with Crippen molar-refractivity contribution in [2.24, 2.45) is 14.1 Å². The van der Waals surface area contributed by atoms with E-state index < -0.39 is 5.97 Å². The first-order valence-corrected chi connectivity index (χ1v) is 17.7. The Morgan fingerprint density at radius 2 is 1.79 bits per heavy atom. The smallest absolute Gasteiger partial charge is 0.352 e. The first kappa shape index (κ1) is 31.4. The predicted molar refractivity (Wildman–Crippen MR) is 187 cm³/mol. The number of aromatic carboxylic acids is 1. The lowest BCUT2D eigenvalue weighted by atomic mass is 9.93. The number of thioether (sulfide) groups is 2. The van der Waals surface area contributed by atoms with Gasteiger partial charge in [-0.25, -0.2) is 9.18 Å². The van der Waals surface area contributed by atoms with Gasteiger partial charge in [-0.2, -0.15) is 10.2 Å². The molecule has 0 radical (unpaired) electrons. The number of rotatable bonds is 1. The highest BCUT2D eigenvalue weighted by Gasteiger charge is 2.26. The van der Waals surface area contributed by atoms with Crippen LogP contribution in [0.5, 0.6) is 5.75 Å². The third kappa shape index (κ3) is 5.69. The van der Waals surface area contributed by atoms with Gasteiger partial charge in [0.2, 0.25) is 0 Å². The monoisotopic (exact) mass is 669 g/mol. The first-order chi connectivity index (χ1) is 22.6. The van der Waals surface area contributed by atoms with Crippen LogP contribution in [0, 0.1) is 26.6 Å². The van der Waals surface area contributed by atoms with Crippen LogP contribution in [-0.2, 0) is 37.9 Å². The van der Waals surface area contributed by atoms with Gasteiger partial charge in [0.25, 0.3) is 0 Å². The summed E-state index contributed by atoms with van der Waals surface area (Å²) < 4.78 is 26.4. The molecule has 6 aromatic rings. The summed E-state index contributed by atoms with van der Waals surface area (Å²) in [5.41, 5.74) is 9.21. The average molecular weight is 670 g/mol. The van der Waals surface area contributed by atoms with Crippen LogP contribution in [-0.4, -0.2) is 41.8 Å². The zero-order valence-corrected chi connectivity index (χ0v) is 28.7. The second kappa shape index (κ2) is 12.4. The molecule has 242 valence electrons. The Kier molecular flexibility index (Phi) is 8.30. The number of benzene rings is 3. The van der Waals surface area contributed by atoms with Gasteiger partial charge >= 0.3 is 5.97 Å². The molecule has 0 unspecified atom stereocenters. The van der Waals surface area contributed by atoms with Crippen molar-refractivity contribution >= 4 is 51.2 Å². The maximum absolute atomic E-state index is 14.3. The summed E-state index contributed by atoms with van der Waals surface area (Å²) in [5, 5.41) is 22.7. The minimum Gasteiger partial charge on any atom is -0.493 e. The highest BCUT2D eigenvalue weighted by Crippen LogP contribution is 2.41. The fourth-order valence-corrected chi connectivity index (χ4v) is 8.58. The van der Waals surface area contributed by atoms with E-state index in [4.69, 9.17) is 14.9 Å². The highest BCUT2D eigenvalue weighted by molar-refractivity contribution is 7.98. The van der Waals surface area contributed by atoms with Gasteiger partial charge in [-0.05, 0) is 91.7 Å². The lowest BCUT2D eigenvalue weighted by Crippen LogP contribution is -2.12. The molecule has 0 atom stereocenters. The third-order valence-corrected chi connectivity index (χ3v) is 11.1. The van der Waals surface area contributed by atoms with Crippen LogP contribution in [0.4, 0.5) is 4.39 Å². The number of nitrogens with zero attached hydrogens (tertiary/aromatic N) is 5. The molecular formula is C36H36FN5O3S2. The first-order valence-electron chi connectivity index (χ1n) is 15.6. The summed E-state index contributed by atoms with van der Waals surface area (Å²) in [7, 11) is 3.93. The van der Waals surface area contributed by atoms with Crippen molar-refractivity contribution in [1.29, 1.82) is 0 Å². The van der Waals surface area contributed by atoms with Gasteiger partial charge in [0.1, 0.15) is 17.3 Å². The molecular weight excluding hydrogens is 634 g/mol. The number of fused-ring (bicyclic) bond motifs is 8. The molecule has 8 bridgehead atoms. The minimum atomic E-state index is -0.955. The third-order valence-electron chi connectivity index (χ3n) is 9.08. The van der Waals surface area contributed by atoms with E-state index in [1.807, 2.05) is 53.1 Å². The van der Waals surface area contributed by atoms with Crippen molar-refractivity contribution in [2.45, 2.75) is 55.9 Å². The minimum absolute atomic E-state index is 0.289. The maximum atomic E-state index is 14.3. The Morgan fingerprint density at radius 1 is 0.957 bits per heavy atom. The van der Waals surface area contributed by atoms with Crippen molar-refractivity contribution < 1.29 is 19.0 Å². The fraction of sp³-hybridized carbons (Fsp3) is 0.306. The summed E-state index contributed by atoms with van der Waals surface area (Å²) in [4.78, 5) is 13.7. The summed E-state index contributed by atoms with van der Waals surface area (Å²) >= 11 is 3.43. The second-order valence-electron chi connectivity index (χ2n) is 12.1. The number of carboxylic acids is 1. The van der Waals surface area contributed by atoms with E-state index in [9.17, 15) is 14.3 Å².